The second kappa shape index (κ2) is 15.6. The predicted molar refractivity (Wildman–Crippen MR) is 282 cm³/mol. The van der Waals surface area contributed by atoms with Crippen molar-refractivity contribution in [3.8, 4) is 62.5 Å². The molecule has 322 valence electrons. The number of fused-ring (bicyclic) bond motifs is 9. The largest absolute Gasteiger partial charge is 0.309 e. The Balaban J connectivity index is 1.09. The van der Waals surface area contributed by atoms with Crippen molar-refractivity contribution in [1.82, 2.24) is 33.6 Å². The minimum atomic E-state index is 0.573. The van der Waals surface area contributed by atoms with Crippen LogP contribution in [0.4, 0.5) is 0 Å². The molecule has 0 saturated carbocycles. The van der Waals surface area contributed by atoms with E-state index < -0.39 is 0 Å². The van der Waals surface area contributed by atoms with Gasteiger partial charge in [-0.15, -0.1) is 0 Å². The summed E-state index contributed by atoms with van der Waals surface area (Å²) in [4.78, 5) is 20.5. The van der Waals surface area contributed by atoms with Crippen LogP contribution < -0.4 is 0 Å². The molecule has 9 aromatic carbocycles. The molecule has 0 atom stereocenters. The fraction of sp³-hybridized carbons (Fsp3) is 0. The van der Waals surface area contributed by atoms with Gasteiger partial charge in [-0.25, -0.2) is 15.0 Å². The Labute approximate surface area is 396 Å². The maximum Gasteiger partial charge on any atom is 0.166 e. The van der Waals surface area contributed by atoms with Crippen LogP contribution >= 0.6 is 0 Å². The molecule has 0 radical (unpaired) electrons. The van der Waals surface area contributed by atoms with Crippen molar-refractivity contribution in [1.29, 1.82) is 0 Å². The van der Waals surface area contributed by atoms with E-state index in [1.807, 2.05) is 54.7 Å². The zero-order valence-electron chi connectivity index (χ0n) is 37.1. The normalized spacial score (nSPS) is 11.8. The molecule has 0 aliphatic heterocycles. The van der Waals surface area contributed by atoms with E-state index in [1.54, 1.807) is 0 Å². The first-order chi connectivity index (χ1) is 34.2. The summed E-state index contributed by atoms with van der Waals surface area (Å²) in [6.45, 7) is 0. The second-order valence-corrected chi connectivity index (χ2v) is 17.5. The van der Waals surface area contributed by atoms with E-state index in [9.17, 15) is 0 Å². The fourth-order valence-electron chi connectivity index (χ4n) is 10.5. The number of benzene rings is 9. The molecule has 69 heavy (non-hydrogen) atoms. The molecule has 14 rings (SSSR count). The first-order valence-corrected chi connectivity index (χ1v) is 23.2. The van der Waals surface area contributed by atoms with Gasteiger partial charge in [0, 0.05) is 72.1 Å². The lowest BCUT2D eigenvalue weighted by Crippen LogP contribution is -2.04. The molecule has 0 amide bonds. The zero-order chi connectivity index (χ0) is 45.4. The van der Waals surface area contributed by atoms with Crippen molar-refractivity contribution in [2.24, 2.45) is 0 Å². The highest BCUT2D eigenvalue weighted by Gasteiger charge is 2.23. The molecule has 0 spiro atoms. The molecule has 0 aliphatic carbocycles. The standard InChI is InChI=1S/C62H39N7/c1-3-17-40(18-4-1)60-64-61(41-19-5-2-6-20-41)66-62(65-60)49-33-30-42(52-25-15-16-36-63-52)37-59(49)69-57-34-31-43(67-53-26-11-7-21-45(53)46-22-8-12-27-54(46)67)38-50(57)51-39-44(32-35-58(51)69)68-55-28-13-9-23-47(55)48-24-10-14-29-56(48)68/h1-39H. The molecular formula is C62H39N7. The molecule has 0 aliphatic rings. The quantitative estimate of drug-likeness (QED) is 0.160. The number of nitrogens with zero attached hydrogens (tertiary/aromatic N) is 7. The molecule has 0 saturated heterocycles. The summed E-state index contributed by atoms with van der Waals surface area (Å²) in [6.07, 6.45) is 1.85. The van der Waals surface area contributed by atoms with E-state index in [-0.39, 0.29) is 0 Å². The maximum atomic E-state index is 5.29. The lowest BCUT2D eigenvalue weighted by molar-refractivity contribution is 1.06. The number of rotatable bonds is 7. The molecule has 5 heterocycles. The zero-order valence-corrected chi connectivity index (χ0v) is 37.1. The second-order valence-electron chi connectivity index (χ2n) is 17.5. The van der Waals surface area contributed by atoms with Crippen LogP contribution in [0.3, 0.4) is 0 Å². The number of pyridine rings is 1. The Morgan fingerprint density at radius 1 is 0.275 bits per heavy atom. The number of hydrogen-bond acceptors (Lipinski definition) is 4. The van der Waals surface area contributed by atoms with Crippen molar-refractivity contribution >= 4 is 65.4 Å². The number of hydrogen-bond donors (Lipinski definition) is 0. The molecule has 7 nitrogen and oxygen atoms in total. The molecule has 0 bridgehead atoms. The van der Waals surface area contributed by atoms with Gasteiger partial charge in [-0.1, -0.05) is 146 Å². The van der Waals surface area contributed by atoms with Gasteiger partial charge < -0.3 is 13.7 Å². The van der Waals surface area contributed by atoms with Crippen LogP contribution in [0.2, 0.25) is 0 Å². The van der Waals surface area contributed by atoms with Crippen LogP contribution in [0, 0.1) is 0 Å². The number of aromatic nitrogens is 7. The highest BCUT2D eigenvalue weighted by Crippen LogP contribution is 2.42. The maximum absolute atomic E-state index is 5.29. The topological polar surface area (TPSA) is 66.3 Å². The highest BCUT2D eigenvalue weighted by molar-refractivity contribution is 6.14. The summed E-state index contributed by atoms with van der Waals surface area (Å²) < 4.78 is 7.20. The van der Waals surface area contributed by atoms with Crippen LogP contribution in [-0.4, -0.2) is 33.6 Å². The van der Waals surface area contributed by atoms with Gasteiger partial charge in [-0.2, -0.15) is 0 Å². The van der Waals surface area contributed by atoms with E-state index in [0.717, 1.165) is 88.9 Å². The van der Waals surface area contributed by atoms with Crippen LogP contribution in [-0.2, 0) is 0 Å². The smallest absolute Gasteiger partial charge is 0.166 e. The first-order valence-electron chi connectivity index (χ1n) is 23.2. The van der Waals surface area contributed by atoms with Crippen LogP contribution in [0.1, 0.15) is 0 Å². The fourth-order valence-corrected chi connectivity index (χ4v) is 10.5. The van der Waals surface area contributed by atoms with Gasteiger partial charge in [0.2, 0.25) is 0 Å². The average Bonchev–Trinajstić information content (AvgIpc) is 4.06. The van der Waals surface area contributed by atoms with E-state index in [2.05, 4.69) is 196 Å². The molecule has 14 aromatic rings. The van der Waals surface area contributed by atoms with E-state index in [0.29, 0.717) is 17.5 Å². The third-order valence-corrected chi connectivity index (χ3v) is 13.5. The minimum Gasteiger partial charge on any atom is -0.309 e. The summed E-state index contributed by atoms with van der Waals surface area (Å²) in [6, 6.07) is 81.5. The molecule has 0 unspecified atom stereocenters. The van der Waals surface area contributed by atoms with Gasteiger partial charge in [0.15, 0.2) is 17.5 Å². The Kier molecular flexibility index (Phi) is 8.75. The molecule has 7 heteroatoms. The van der Waals surface area contributed by atoms with Gasteiger partial charge >= 0.3 is 0 Å². The summed E-state index contributed by atoms with van der Waals surface area (Å²) in [5, 5.41) is 7.13. The van der Waals surface area contributed by atoms with Gasteiger partial charge in [0.25, 0.3) is 0 Å². The molecule has 5 aromatic heterocycles. The predicted octanol–water partition coefficient (Wildman–Crippen LogP) is 15.2. The van der Waals surface area contributed by atoms with Crippen LogP contribution in [0.5, 0.6) is 0 Å². The number of para-hydroxylation sites is 4. The summed E-state index contributed by atoms with van der Waals surface area (Å²) in [5.74, 6) is 1.78. The minimum absolute atomic E-state index is 0.573. The SMILES string of the molecule is c1ccc(-c2nc(-c3ccccc3)nc(-c3ccc(-c4ccccn4)cc3-n3c4ccc(-n5c6ccccc6c6ccccc65)cc4c4cc(-n5c6ccccc6c6ccccc65)ccc43)n2)cc1. The Morgan fingerprint density at radius 3 is 1.16 bits per heavy atom. The summed E-state index contributed by atoms with van der Waals surface area (Å²) in [5.41, 5.74) is 14.4. The van der Waals surface area contributed by atoms with Crippen molar-refractivity contribution in [3.63, 3.8) is 0 Å². The van der Waals surface area contributed by atoms with Gasteiger partial charge in [0.05, 0.1) is 44.5 Å². The van der Waals surface area contributed by atoms with E-state index >= 15 is 0 Å². The molecule has 0 N–H and O–H groups in total. The van der Waals surface area contributed by atoms with Crippen molar-refractivity contribution in [3.05, 3.63) is 237 Å². The van der Waals surface area contributed by atoms with Gasteiger partial charge in [-0.3, -0.25) is 4.98 Å². The molecular weight excluding hydrogens is 843 g/mol. The summed E-state index contributed by atoms with van der Waals surface area (Å²) in [7, 11) is 0. The average molecular weight is 882 g/mol. The Hall–Kier alpha value is -9.46. The van der Waals surface area contributed by atoms with Crippen LogP contribution in [0.15, 0.2) is 237 Å². The van der Waals surface area contributed by atoms with E-state index in [4.69, 9.17) is 19.9 Å². The van der Waals surface area contributed by atoms with Crippen molar-refractivity contribution in [2.75, 3.05) is 0 Å². The van der Waals surface area contributed by atoms with Crippen molar-refractivity contribution < 1.29 is 0 Å². The molecule has 0 fully saturated rings. The lowest BCUT2D eigenvalue weighted by atomic mass is 10.0. The Bertz CT molecular complexity index is 3970. The first kappa shape index (κ1) is 38.8. The highest BCUT2D eigenvalue weighted by atomic mass is 15.1. The third-order valence-electron chi connectivity index (χ3n) is 13.5. The van der Waals surface area contributed by atoms with E-state index in [1.165, 1.54) is 21.5 Å². The Morgan fingerprint density at radius 2 is 0.696 bits per heavy atom. The van der Waals surface area contributed by atoms with Gasteiger partial charge in [0.1, 0.15) is 0 Å². The third kappa shape index (κ3) is 6.21. The summed E-state index contributed by atoms with van der Waals surface area (Å²) >= 11 is 0. The van der Waals surface area contributed by atoms with Crippen LogP contribution in [0.25, 0.3) is 128 Å². The lowest BCUT2D eigenvalue weighted by Gasteiger charge is -2.17. The van der Waals surface area contributed by atoms with Gasteiger partial charge in [-0.05, 0) is 84.9 Å². The monoisotopic (exact) mass is 881 g/mol. The van der Waals surface area contributed by atoms with Crippen molar-refractivity contribution in [2.45, 2.75) is 0 Å².